The van der Waals surface area contributed by atoms with Gasteiger partial charge in [0.2, 0.25) is 5.91 Å². The molecule has 1 saturated heterocycles. The Kier molecular flexibility index (Phi) is 10.3. The Labute approximate surface area is 208 Å². The molecule has 2 amide bonds. The van der Waals surface area contributed by atoms with Crippen LogP contribution in [-0.4, -0.2) is 58.3 Å². The van der Waals surface area contributed by atoms with E-state index in [2.05, 4.69) is 15.5 Å². The fraction of sp³-hybridized carbons (Fsp3) is 0.500. The highest BCUT2D eigenvalue weighted by atomic mass is 16.3. The van der Waals surface area contributed by atoms with Crippen LogP contribution in [0.2, 0.25) is 0 Å². The molecule has 2 aromatic carbocycles. The molecule has 0 aliphatic carbocycles. The van der Waals surface area contributed by atoms with Crippen LogP contribution in [0, 0.1) is 5.92 Å². The molecule has 0 saturated carbocycles. The molecule has 1 heterocycles. The Bertz CT molecular complexity index is 927. The van der Waals surface area contributed by atoms with E-state index in [4.69, 9.17) is 0 Å². The zero-order chi connectivity index (χ0) is 25.2. The van der Waals surface area contributed by atoms with Crippen molar-refractivity contribution in [3.63, 3.8) is 0 Å². The minimum Gasteiger partial charge on any atom is -0.390 e. The summed E-state index contributed by atoms with van der Waals surface area (Å²) >= 11 is 0. The highest BCUT2D eigenvalue weighted by Gasteiger charge is 2.30. The van der Waals surface area contributed by atoms with Crippen LogP contribution < -0.4 is 10.6 Å². The van der Waals surface area contributed by atoms with Crippen molar-refractivity contribution in [2.24, 2.45) is 5.92 Å². The lowest BCUT2D eigenvalue weighted by atomic mass is 9.94. The zero-order valence-corrected chi connectivity index (χ0v) is 20.8. The lowest BCUT2D eigenvalue weighted by Crippen LogP contribution is -2.50. The quantitative estimate of drug-likeness (QED) is 0.373. The number of hydrogen-bond donors (Lipinski definition) is 4. The molecule has 7 nitrogen and oxygen atoms in total. The number of hydrogen-bond acceptors (Lipinski definition) is 5. The maximum Gasteiger partial charge on any atom is 0.251 e. The summed E-state index contributed by atoms with van der Waals surface area (Å²) in [6, 6.07) is 16.3. The fourth-order valence-corrected chi connectivity index (χ4v) is 4.45. The van der Waals surface area contributed by atoms with Crippen molar-refractivity contribution in [2.75, 3.05) is 13.1 Å². The van der Waals surface area contributed by atoms with E-state index in [0.29, 0.717) is 18.5 Å². The average Bonchev–Trinajstić information content (AvgIpc) is 3.35. The molecule has 0 unspecified atom stereocenters. The second-order valence-corrected chi connectivity index (χ2v) is 9.91. The van der Waals surface area contributed by atoms with Gasteiger partial charge in [-0.05, 0) is 61.5 Å². The maximum atomic E-state index is 12.9. The van der Waals surface area contributed by atoms with E-state index >= 15 is 0 Å². The van der Waals surface area contributed by atoms with Crippen molar-refractivity contribution < 1.29 is 19.8 Å². The molecule has 0 bridgehead atoms. The minimum absolute atomic E-state index is 0.178. The third-order valence-electron chi connectivity index (χ3n) is 6.40. The molecule has 7 heteroatoms. The van der Waals surface area contributed by atoms with Gasteiger partial charge in [-0.15, -0.1) is 0 Å². The van der Waals surface area contributed by atoms with Gasteiger partial charge < -0.3 is 20.8 Å². The lowest BCUT2D eigenvalue weighted by Gasteiger charge is -2.29. The van der Waals surface area contributed by atoms with Gasteiger partial charge in [0.05, 0.1) is 18.6 Å². The summed E-state index contributed by atoms with van der Waals surface area (Å²) in [6.45, 7) is 7.43. The van der Waals surface area contributed by atoms with Gasteiger partial charge in [0, 0.05) is 18.7 Å². The first-order valence-corrected chi connectivity index (χ1v) is 12.6. The monoisotopic (exact) mass is 481 g/mol. The lowest BCUT2D eigenvalue weighted by molar-refractivity contribution is -0.125. The zero-order valence-electron chi connectivity index (χ0n) is 20.8. The summed E-state index contributed by atoms with van der Waals surface area (Å²) in [5.74, 6) is -0.483. The molecular formula is C28H39N3O4. The van der Waals surface area contributed by atoms with Crippen LogP contribution in [0.3, 0.4) is 0 Å². The molecule has 1 fully saturated rings. The first-order chi connectivity index (χ1) is 16.8. The minimum atomic E-state index is -1.29. The molecule has 35 heavy (non-hydrogen) atoms. The predicted molar refractivity (Wildman–Crippen MR) is 137 cm³/mol. The van der Waals surface area contributed by atoms with Gasteiger partial charge in [-0.25, -0.2) is 0 Å². The van der Waals surface area contributed by atoms with Crippen molar-refractivity contribution in [1.82, 2.24) is 15.5 Å². The summed E-state index contributed by atoms with van der Waals surface area (Å²) < 4.78 is 0. The van der Waals surface area contributed by atoms with E-state index in [-0.39, 0.29) is 24.2 Å². The molecule has 0 radical (unpaired) electrons. The van der Waals surface area contributed by atoms with E-state index in [1.807, 2.05) is 56.3 Å². The van der Waals surface area contributed by atoms with E-state index in [9.17, 15) is 19.8 Å². The smallest absolute Gasteiger partial charge is 0.251 e. The van der Waals surface area contributed by atoms with Crippen LogP contribution in [-0.2, 0) is 17.9 Å². The maximum absolute atomic E-state index is 12.9. The largest absolute Gasteiger partial charge is 0.390 e. The molecule has 3 atom stereocenters. The Morgan fingerprint density at radius 2 is 1.60 bits per heavy atom. The van der Waals surface area contributed by atoms with Gasteiger partial charge in [-0.2, -0.15) is 0 Å². The highest BCUT2D eigenvalue weighted by Crippen LogP contribution is 2.16. The summed E-state index contributed by atoms with van der Waals surface area (Å²) in [5.41, 5.74) is 2.62. The Morgan fingerprint density at radius 3 is 2.23 bits per heavy atom. The molecule has 3 rings (SSSR count). The molecular weight excluding hydrogens is 442 g/mol. The van der Waals surface area contributed by atoms with Crippen molar-refractivity contribution in [3.8, 4) is 0 Å². The number of aliphatic hydroxyl groups is 2. The van der Waals surface area contributed by atoms with E-state index in [1.165, 1.54) is 18.4 Å². The van der Waals surface area contributed by atoms with Gasteiger partial charge in [-0.3, -0.25) is 14.5 Å². The second-order valence-electron chi connectivity index (χ2n) is 9.91. The third-order valence-corrected chi connectivity index (χ3v) is 6.40. The van der Waals surface area contributed by atoms with Crippen LogP contribution >= 0.6 is 0 Å². The van der Waals surface area contributed by atoms with Crippen LogP contribution in [0.4, 0.5) is 0 Å². The Hall–Kier alpha value is -2.74. The fourth-order valence-electron chi connectivity index (χ4n) is 4.45. The molecule has 1 aliphatic rings. The van der Waals surface area contributed by atoms with Crippen molar-refractivity contribution in [3.05, 3.63) is 71.3 Å². The van der Waals surface area contributed by atoms with Gasteiger partial charge in [0.15, 0.2) is 0 Å². The summed E-state index contributed by atoms with van der Waals surface area (Å²) in [6.07, 6.45) is 0.143. The van der Waals surface area contributed by atoms with E-state index in [1.54, 1.807) is 12.1 Å². The Balaban J connectivity index is 1.54. The summed E-state index contributed by atoms with van der Waals surface area (Å²) in [4.78, 5) is 27.6. The standard InChI is InChI=1S/C28H39N3O4/c1-20(2)16-24(27(34)25(32)17-26(33)29-18-21-8-4-3-5-9-21)30-28(35)23-12-10-22(11-13-23)19-31-14-6-7-15-31/h3-5,8-13,20,24-25,27,32,34H,6-7,14-19H2,1-2H3,(H,29,33)(H,30,35)/t24-,25+,27+/m0/s1. The van der Waals surface area contributed by atoms with Crippen molar-refractivity contribution in [2.45, 2.75) is 70.9 Å². The molecule has 2 aromatic rings. The highest BCUT2D eigenvalue weighted by molar-refractivity contribution is 5.94. The summed E-state index contributed by atoms with van der Waals surface area (Å²) in [5, 5.41) is 27.0. The van der Waals surface area contributed by atoms with Crippen LogP contribution in [0.25, 0.3) is 0 Å². The topological polar surface area (TPSA) is 102 Å². The second kappa shape index (κ2) is 13.4. The van der Waals surface area contributed by atoms with E-state index in [0.717, 1.165) is 25.2 Å². The number of nitrogens with one attached hydrogen (secondary N) is 2. The van der Waals surface area contributed by atoms with Gasteiger partial charge >= 0.3 is 0 Å². The molecule has 0 aromatic heterocycles. The van der Waals surface area contributed by atoms with Gasteiger partial charge in [0.25, 0.3) is 5.91 Å². The molecule has 1 aliphatic heterocycles. The summed E-state index contributed by atoms with van der Waals surface area (Å²) in [7, 11) is 0. The first kappa shape index (κ1) is 26.9. The first-order valence-electron chi connectivity index (χ1n) is 12.6. The van der Waals surface area contributed by atoms with Gasteiger partial charge in [-0.1, -0.05) is 56.3 Å². The van der Waals surface area contributed by atoms with Crippen molar-refractivity contribution in [1.29, 1.82) is 0 Å². The number of likely N-dealkylation sites (tertiary alicyclic amines) is 1. The number of aliphatic hydroxyl groups excluding tert-OH is 2. The number of amides is 2. The Morgan fingerprint density at radius 1 is 0.943 bits per heavy atom. The predicted octanol–water partition coefficient (Wildman–Crippen LogP) is 2.86. The number of rotatable bonds is 12. The van der Waals surface area contributed by atoms with E-state index < -0.39 is 18.2 Å². The molecule has 190 valence electrons. The number of carbonyl (C=O) groups excluding carboxylic acids is 2. The SMILES string of the molecule is CC(C)C[C@H](NC(=O)c1ccc(CN2CCCC2)cc1)[C@@H](O)[C@H](O)CC(=O)NCc1ccccc1. The molecule has 4 N–H and O–H groups in total. The van der Waals surface area contributed by atoms with Gasteiger partial charge in [0.1, 0.15) is 6.10 Å². The number of carbonyl (C=O) groups is 2. The third kappa shape index (κ3) is 8.76. The van der Waals surface area contributed by atoms with Crippen LogP contribution in [0.15, 0.2) is 54.6 Å². The van der Waals surface area contributed by atoms with Crippen LogP contribution in [0.5, 0.6) is 0 Å². The van der Waals surface area contributed by atoms with Crippen molar-refractivity contribution >= 4 is 11.8 Å². The number of nitrogens with zero attached hydrogens (tertiary/aromatic N) is 1. The molecule has 0 spiro atoms. The number of benzene rings is 2. The average molecular weight is 482 g/mol. The van der Waals surface area contributed by atoms with Crippen LogP contribution in [0.1, 0.15) is 61.0 Å². The normalized spacial score (nSPS) is 16.6.